The highest BCUT2D eigenvalue weighted by molar-refractivity contribution is 5.82. The number of nitrogens with two attached hydrogens (primary N) is 1. The second kappa shape index (κ2) is 7.41. The summed E-state index contributed by atoms with van der Waals surface area (Å²) < 4.78 is 0. The zero-order chi connectivity index (χ0) is 14.4. The molecular formula is C16H24N2O2. The van der Waals surface area contributed by atoms with Gasteiger partial charge in [0, 0.05) is 19.2 Å². The topological polar surface area (TPSA) is 66.6 Å². The van der Waals surface area contributed by atoms with Crippen LogP contribution in [0.15, 0.2) is 30.3 Å². The summed E-state index contributed by atoms with van der Waals surface area (Å²) in [6.45, 7) is 0.897. The van der Waals surface area contributed by atoms with Crippen molar-refractivity contribution in [1.82, 2.24) is 4.90 Å². The van der Waals surface area contributed by atoms with Gasteiger partial charge in [0.15, 0.2) is 0 Å². The van der Waals surface area contributed by atoms with E-state index in [4.69, 9.17) is 10.8 Å². The van der Waals surface area contributed by atoms with Crippen molar-refractivity contribution in [2.75, 3.05) is 13.2 Å². The van der Waals surface area contributed by atoms with E-state index in [1.54, 1.807) is 0 Å². The van der Waals surface area contributed by atoms with E-state index in [-0.39, 0.29) is 18.6 Å². The van der Waals surface area contributed by atoms with E-state index in [0.29, 0.717) is 12.8 Å². The number of carbonyl (C=O) groups excluding carboxylic acids is 1. The largest absolute Gasteiger partial charge is 0.396 e. The van der Waals surface area contributed by atoms with Crippen molar-refractivity contribution in [2.45, 2.75) is 44.2 Å². The number of benzene rings is 1. The van der Waals surface area contributed by atoms with E-state index in [1.165, 1.54) is 0 Å². The van der Waals surface area contributed by atoms with Crippen molar-refractivity contribution in [1.29, 1.82) is 0 Å². The lowest BCUT2D eigenvalue weighted by atomic mass is 9.97. The molecule has 1 amide bonds. The van der Waals surface area contributed by atoms with Crippen LogP contribution in [0.5, 0.6) is 0 Å². The molecule has 110 valence electrons. The highest BCUT2D eigenvalue weighted by Crippen LogP contribution is 2.20. The maximum atomic E-state index is 12.5. The van der Waals surface area contributed by atoms with Crippen LogP contribution >= 0.6 is 0 Å². The molecule has 1 fully saturated rings. The fourth-order valence-corrected chi connectivity index (χ4v) is 2.91. The van der Waals surface area contributed by atoms with Crippen LogP contribution in [0.4, 0.5) is 0 Å². The summed E-state index contributed by atoms with van der Waals surface area (Å²) in [5.41, 5.74) is 7.17. The first kappa shape index (κ1) is 15.0. The SMILES string of the molecule is N[C@@H](Cc1ccccc1)C(=O)N1CCCCC1CCO. The molecule has 0 bridgehead atoms. The summed E-state index contributed by atoms with van der Waals surface area (Å²) in [5, 5.41) is 9.12. The maximum Gasteiger partial charge on any atom is 0.240 e. The summed E-state index contributed by atoms with van der Waals surface area (Å²) >= 11 is 0. The third-order valence-corrected chi connectivity index (χ3v) is 3.99. The average Bonchev–Trinajstić information content (AvgIpc) is 2.48. The van der Waals surface area contributed by atoms with Gasteiger partial charge in [0.25, 0.3) is 0 Å². The number of aliphatic hydroxyl groups is 1. The second-order valence-electron chi connectivity index (χ2n) is 5.49. The molecule has 1 aromatic carbocycles. The maximum absolute atomic E-state index is 12.5. The van der Waals surface area contributed by atoms with Gasteiger partial charge in [0.05, 0.1) is 6.04 Å². The van der Waals surface area contributed by atoms with E-state index in [0.717, 1.165) is 31.4 Å². The number of amides is 1. The molecule has 1 unspecified atom stereocenters. The Bertz CT molecular complexity index is 420. The lowest BCUT2D eigenvalue weighted by Gasteiger charge is -2.37. The van der Waals surface area contributed by atoms with Gasteiger partial charge in [0.2, 0.25) is 5.91 Å². The van der Waals surface area contributed by atoms with Gasteiger partial charge in [-0.1, -0.05) is 30.3 Å². The van der Waals surface area contributed by atoms with Crippen molar-refractivity contribution in [3.05, 3.63) is 35.9 Å². The molecule has 1 aliphatic rings. The van der Waals surface area contributed by atoms with Gasteiger partial charge in [-0.15, -0.1) is 0 Å². The van der Waals surface area contributed by atoms with Crippen molar-refractivity contribution >= 4 is 5.91 Å². The van der Waals surface area contributed by atoms with Crippen molar-refractivity contribution in [2.24, 2.45) is 5.73 Å². The van der Waals surface area contributed by atoms with Crippen LogP contribution in [0, 0.1) is 0 Å². The average molecular weight is 276 g/mol. The van der Waals surface area contributed by atoms with E-state index in [1.807, 2.05) is 35.2 Å². The third-order valence-electron chi connectivity index (χ3n) is 3.99. The minimum Gasteiger partial charge on any atom is -0.396 e. The van der Waals surface area contributed by atoms with Gasteiger partial charge in [-0.3, -0.25) is 4.79 Å². The quantitative estimate of drug-likeness (QED) is 0.852. The molecule has 0 aliphatic carbocycles. The fourth-order valence-electron chi connectivity index (χ4n) is 2.91. The molecular weight excluding hydrogens is 252 g/mol. The number of likely N-dealkylation sites (tertiary alicyclic amines) is 1. The standard InChI is InChI=1S/C16H24N2O2/c17-15(12-13-6-2-1-3-7-13)16(20)18-10-5-4-8-14(18)9-11-19/h1-3,6-7,14-15,19H,4-5,8-12,17H2/t14?,15-/m0/s1. The molecule has 0 radical (unpaired) electrons. The van der Waals surface area contributed by atoms with E-state index in [9.17, 15) is 4.79 Å². The number of rotatable bonds is 5. The molecule has 2 rings (SSSR count). The monoisotopic (exact) mass is 276 g/mol. The molecule has 1 saturated heterocycles. The van der Waals surface area contributed by atoms with Crippen molar-refractivity contribution in [3.63, 3.8) is 0 Å². The van der Waals surface area contributed by atoms with E-state index < -0.39 is 6.04 Å². The summed E-state index contributed by atoms with van der Waals surface area (Å²) in [7, 11) is 0. The van der Waals surface area contributed by atoms with Crippen LogP contribution in [0.3, 0.4) is 0 Å². The molecule has 1 heterocycles. The zero-order valence-corrected chi connectivity index (χ0v) is 11.9. The minimum atomic E-state index is -0.489. The Labute approximate surface area is 120 Å². The van der Waals surface area contributed by atoms with Gasteiger partial charge in [-0.2, -0.15) is 0 Å². The van der Waals surface area contributed by atoms with Gasteiger partial charge in [-0.25, -0.2) is 0 Å². The van der Waals surface area contributed by atoms with Crippen LogP contribution in [0.2, 0.25) is 0 Å². The van der Waals surface area contributed by atoms with Gasteiger partial charge < -0.3 is 15.7 Å². The molecule has 2 atom stereocenters. The van der Waals surface area contributed by atoms with Crippen LogP contribution in [0.25, 0.3) is 0 Å². The highest BCUT2D eigenvalue weighted by atomic mass is 16.3. The summed E-state index contributed by atoms with van der Waals surface area (Å²) in [6, 6.07) is 9.53. The Kier molecular flexibility index (Phi) is 5.56. The molecule has 4 heteroatoms. The normalized spacial score (nSPS) is 20.7. The first-order valence-electron chi connectivity index (χ1n) is 7.43. The lowest BCUT2D eigenvalue weighted by Crippen LogP contribution is -2.51. The van der Waals surface area contributed by atoms with Crippen molar-refractivity contribution in [3.8, 4) is 0 Å². The number of nitrogens with zero attached hydrogens (tertiary/aromatic N) is 1. The van der Waals surface area contributed by atoms with Gasteiger partial charge >= 0.3 is 0 Å². The second-order valence-corrected chi connectivity index (χ2v) is 5.49. The van der Waals surface area contributed by atoms with E-state index >= 15 is 0 Å². The van der Waals surface area contributed by atoms with Gasteiger partial charge in [-0.05, 0) is 37.7 Å². The predicted octanol–water partition coefficient (Wildman–Crippen LogP) is 1.32. The Balaban J connectivity index is 1.97. The molecule has 20 heavy (non-hydrogen) atoms. The highest BCUT2D eigenvalue weighted by Gasteiger charge is 2.29. The Morgan fingerprint density at radius 1 is 1.35 bits per heavy atom. The zero-order valence-electron chi connectivity index (χ0n) is 11.9. The van der Waals surface area contributed by atoms with Crippen LogP contribution in [-0.2, 0) is 11.2 Å². The Morgan fingerprint density at radius 3 is 2.80 bits per heavy atom. The number of hydrogen-bond acceptors (Lipinski definition) is 3. The predicted molar refractivity (Wildman–Crippen MR) is 79.2 cm³/mol. The summed E-state index contributed by atoms with van der Waals surface area (Å²) in [6.07, 6.45) is 4.37. The number of piperidine rings is 1. The molecule has 3 N–H and O–H groups in total. The molecule has 1 aromatic rings. The minimum absolute atomic E-state index is 0.0204. The Morgan fingerprint density at radius 2 is 2.10 bits per heavy atom. The lowest BCUT2D eigenvalue weighted by molar-refractivity contribution is -0.136. The number of carbonyl (C=O) groups is 1. The van der Waals surface area contributed by atoms with E-state index in [2.05, 4.69) is 0 Å². The third kappa shape index (κ3) is 3.81. The summed E-state index contributed by atoms with van der Waals surface area (Å²) in [4.78, 5) is 14.4. The van der Waals surface area contributed by atoms with Crippen LogP contribution in [-0.4, -0.2) is 41.1 Å². The summed E-state index contributed by atoms with van der Waals surface area (Å²) in [5.74, 6) is 0.0204. The number of aliphatic hydroxyl groups excluding tert-OH is 1. The Hall–Kier alpha value is -1.39. The molecule has 0 spiro atoms. The number of hydrogen-bond donors (Lipinski definition) is 2. The molecule has 1 aliphatic heterocycles. The van der Waals surface area contributed by atoms with Crippen LogP contribution < -0.4 is 5.73 Å². The molecule has 0 aromatic heterocycles. The van der Waals surface area contributed by atoms with Crippen molar-refractivity contribution < 1.29 is 9.90 Å². The smallest absolute Gasteiger partial charge is 0.240 e. The molecule has 4 nitrogen and oxygen atoms in total. The first-order chi connectivity index (χ1) is 9.72. The van der Waals surface area contributed by atoms with Gasteiger partial charge in [0.1, 0.15) is 0 Å². The first-order valence-corrected chi connectivity index (χ1v) is 7.43. The molecule has 0 saturated carbocycles. The van der Waals surface area contributed by atoms with Crippen LogP contribution in [0.1, 0.15) is 31.2 Å². The fraction of sp³-hybridized carbons (Fsp3) is 0.562.